The van der Waals surface area contributed by atoms with Crippen LogP contribution in [0.25, 0.3) is 22.0 Å². The van der Waals surface area contributed by atoms with Gasteiger partial charge in [-0.2, -0.15) is 5.10 Å². The van der Waals surface area contributed by atoms with Gasteiger partial charge in [0.25, 0.3) is 0 Å². The Morgan fingerprint density at radius 3 is 2.61 bits per heavy atom. The smallest absolute Gasteiger partial charge is 0.128 e. The van der Waals surface area contributed by atoms with E-state index < -0.39 is 0 Å². The number of rotatable bonds is 6. The highest BCUT2D eigenvalue weighted by atomic mass is 35.5. The van der Waals surface area contributed by atoms with E-state index in [-0.39, 0.29) is 11.9 Å². The molecule has 0 saturated heterocycles. The molecule has 6 heteroatoms. The second-order valence-corrected chi connectivity index (χ2v) is 8.42. The van der Waals surface area contributed by atoms with Gasteiger partial charge < -0.3 is 5.32 Å². The van der Waals surface area contributed by atoms with Crippen molar-refractivity contribution in [1.82, 2.24) is 14.8 Å². The van der Waals surface area contributed by atoms with Crippen molar-refractivity contribution in [2.24, 2.45) is 0 Å². The highest BCUT2D eigenvalue weighted by Crippen LogP contribution is 2.34. The van der Waals surface area contributed by atoms with Crippen molar-refractivity contribution in [3.8, 4) is 11.1 Å². The standard InChI is InChI=1S/C27H22ClFN4/c1-18(32-27-22-9-5-6-10-26(22)30-15-24(27)28)23-13-20(11-12-25(23)29)21-14-31-33(17-21)16-19-7-3-2-4-8-19/h2-15,17-18H,16H2,1H3,(H,30,32). The third-order valence-corrected chi connectivity index (χ3v) is 5.99. The summed E-state index contributed by atoms with van der Waals surface area (Å²) in [5.41, 5.74) is 5.15. The van der Waals surface area contributed by atoms with Gasteiger partial charge in [-0.25, -0.2) is 4.39 Å². The molecule has 5 rings (SSSR count). The molecule has 0 aliphatic heterocycles. The summed E-state index contributed by atoms with van der Waals surface area (Å²) in [6, 6.07) is 22.7. The number of hydrogen-bond acceptors (Lipinski definition) is 3. The predicted molar refractivity (Wildman–Crippen MR) is 132 cm³/mol. The van der Waals surface area contributed by atoms with Crippen molar-refractivity contribution >= 4 is 28.2 Å². The van der Waals surface area contributed by atoms with E-state index in [9.17, 15) is 4.39 Å². The Kier molecular flexibility index (Phi) is 5.80. The third kappa shape index (κ3) is 4.45. The topological polar surface area (TPSA) is 42.7 Å². The number of fused-ring (bicyclic) bond motifs is 1. The number of halogens is 2. The molecule has 1 unspecified atom stereocenters. The van der Waals surface area contributed by atoms with Crippen LogP contribution in [0.4, 0.5) is 10.1 Å². The maximum atomic E-state index is 14.8. The zero-order chi connectivity index (χ0) is 22.8. The first kappa shape index (κ1) is 21.2. The Labute approximate surface area is 196 Å². The molecule has 0 fully saturated rings. The van der Waals surface area contributed by atoms with Crippen molar-refractivity contribution in [3.05, 3.63) is 113 Å². The number of nitrogens with one attached hydrogen (secondary N) is 1. The molecule has 5 aromatic rings. The molecule has 164 valence electrons. The summed E-state index contributed by atoms with van der Waals surface area (Å²) in [6.45, 7) is 2.60. The van der Waals surface area contributed by atoms with Gasteiger partial charge in [0.1, 0.15) is 5.82 Å². The monoisotopic (exact) mass is 456 g/mol. The molecule has 1 atom stereocenters. The summed E-state index contributed by atoms with van der Waals surface area (Å²) < 4.78 is 16.7. The maximum absolute atomic E-state index is 14.8. The van der Waals surface area contributed by atoms with E-state index in [1.807, 2.05) is 72.5 Å². The molecular weight excluding hydrogens is 435 g/mol. The lowest BCUT2D eigenvalue weighted by Gasteiger charge is -2.19. The fourth-order valence-electron chi connectivity index (χ4n) is 3.98. The van der Waals surface area contributed by atoms with E-state index >= 15 is 0 Å². The lowest BCUT2D eigenvalue weighted by molar-refractivity contribution is 0.600. The van der Waals surface area contributed by atoms with E-state index in [0.29, 0.717) is 17.1 Å². The van der Waals surface area contributed by atoms with Crippen molar-refractivity contribution in [2.75, 3.05) is 5.32 Å². The average molecular weight is 457 g/mol. The van der Waals surface area contributed by atoms with Gasteiger partial charge in [0.15, 0.2) is 0 Å². The average Bonchev–Trinajstić information content (AvgIpc) is 3.30. The Morgan fingerprint density at radius 1 is 0.970 bits per heavy atom. The number of anilines is 1. The number of hydrogen-bond donors (Lipinski definition) is 1. The molecular formula is C27H22ClFN4. The fraction of sp³-hybridized carbons (Fsp3) is 0.111. The van der Waals surface area contributed by atoms with Crippen molar-refractivity contribution in [3.63, 3.8) is 0 Å². The molecule has 0 aliphatic rings. The predicted octanol–water partition coefficient (Wildman–Crippen LogP) is 7.11. The molecule has 2 aromatic heterocycles. The minimum Gasteiger partial charge on any atom is -0.377 e. The Balaban J connectivity index is 1.42. The van der Waals surface area contributed by atoms with Crippen LogP contribution in [0.15, 0.2) is 91.4 Å². The maximum Gasteiger partial charge on any atom is 0.128 e. The van der Waals surface area contributed by atoms with E-state index in [0.717, 1.165) is 27.7 Å². The molecule has 3 aromatic carbocycles. The first-order chi connectivity index (χ1) is 16.1. The largest absolute Gasteiger partial charge is 0.377 e. The number of pyridine rings is 1. The second-order valence-electron chi connectivity index (χ2n) is 8.01. The third-order valence-electron chi connectivity index (χ3n) is 5.71. The van der Waals surface area contributed by atoms with Crippen LogP contribution in [0.2, 0.25) is 5.02 Å². The van der Waals surface area contributed by atoms with E-state index in [1.54, 1.807) is 12.3 Å². The molecule has 0 bridgehead atoms. The fourth-order valence-corrected chi connectivity index (χ4v) is 4.19. The van der Waals surface area contributed by atoms with Crippen LogP contribution >= 0.6 is 11.6 Å². The SMILES string of the molecule is CC(Nc1c(Cl)cnc2ccccc12)c1cc(-c2cnn(Cc3ccccc3)c2)ccc1F. The number of nitrogens with zero attached hydrogens (tertiary/aromatic N) is 3. The second kappa shape index (κ2) is 9.04. The van der Waals surface area contributed by atoms with Crippen LogP contribution in [0.1, 0.15) is 24.1 Å². The summed E-state index contributed by atoms with van der Waals surface area (Å²) in [5, 5.41) is 9.27. The van der Waals surface area contributed by atoms with Gasteiger partial charge in [-0.1, -0.05) is 66.2 Å². The van der Waals surface area contributed by atoms with E-state index in [1.165, 1.54) is 11.6 Å². The van der Waals surface area contributed by atoms with Crippen LogP contribution < -0.4 is 5.32 Å². The molecule has 0 amide bonds. The molecule has 0 spiro atoms. The molecule has 4 nitrogen and oxygen atoms in total. The van der Waals surface area contributed by atoms with E-state index in [4.69, 9.17) is 11.6 Å². The van der Waals surface area contributed by atoms with Gasteiger partial charge >= 0.3 is 0 Å². The first-order valence-corrected chi connectivity index (χ1v) is 11.1. The first-order valence-electron chi connectivity index (χ1n) is 10.7. The minimum absolute atomic E-state index is 0.273. The molecule has 0 radical (unpaired) electrons. The summed E-state index contributed by atoms with van der Waals surface area (Å²) in [4.78, 5) is 4.37. The van der Waals surface area contributed by atoms with Gasteiger partial charge in [-0.15, -0.1) is 0 Å². The van der Waals surface area contributed by atoms with Gasteiger partial charge in [0.05, 0.1) is 35.0 Å². The number of para-hydroxylation sites is 1. The van der Waals surface area contributed by atoms with Crippen molar-refractivity contribution < 1.29 is 4.39 Å². The minimum atomic E-state index is -0.312. The van der Waals surface area contributed by atoms with Crippen molar-refractivity contribution in [2.45, 2.75) is 19.5 Å². The van der Waals surface area contributed by atoms with Gasteiger partial charge in [0.2, 0.25) is 0 Å². The van der Waals surface area contributed by atoms with Crippen molar-refractivity contribution in [1.29, 1.82) is 0 Å². The summed E-state index contributed by atoms with van der Waals surface area (Å²) in [7, 11) is 0. The van der Waals surface area contributed by atoms with Crippen LogP contribution in [0.3, 0.4) is 0 Å². The number of aromatic nitrogens is 3. The quantitative estimate of drug-likeness (QED) is 0.296. The van der Waals surface area contributed by atoms with Gasteiger partial charge in [-0.3, -0.25) is 9.67 Å². The van der Waals surface area contributed by atoms with Crippen LogP contribution in [0.5, 0.6) is 0 Å². The normalized spacial score (nSPS) is 12.1. The molecule has 0 aliphatic carbocycles. The Morgan fingerprint density at radius 2 is 1.76 bits per heavy atom. The molecule has 33 heavy (non-hydrogen) atoms. The van der Waals surface area contributed by atoms with Crippen LogP contribution in [-0.2, 0) is 6.54 Å². The highest BCUT2D eigenvalue weighted by molar-refractivity contribution is 6.34. The highest BCUT2D eigenvalue weighted by Gasteiger charge is 2.16. The van der Waals surface area contributed by atoms with Crippen LogP contribution in [-0.4, -0.2) is 14.8 Å². The van der Waals surface area contributed by atoms with Gasteiger partial charge in [0, 0.05) is 28.9 Å². The zero-order valence-electron chi connectivity index (χ0n) is 18.0. The lowest BCUT2D eigenvalue weighted by Crippen LogP contribution is -2.10. The van der Waals surface area contributed by atoms with E-state index in [2.05, 4.69) is 27.5 Å². The summed E-state index contributed by atoms with van der Waals surface area (Å²) in [6.07, 6.45) is 5.41. The zero-order valence-corrected chi connectivity index (χ0v) is 18.8. The molecule has 2 heterocycles. The molecule has 0 saturated carbocycles. The molecule has 1 N–H and O–H groups in total. The summed E-state index contributed by atoms with van der Waals surface area (Å²) >= 11 is 6.44. The summed E-state index contributed by atoms with van der Waals surface area (Å²) in [5.74, 6) is -0.273. The van der Waals surface area contributed by atoms with Crippen LogP contribution in [0, 0.1) is 5.82 Å². The van der Waals surface area contributed by atoms with Gasteiger partial charge in [-0.05, 0) is 36.2 Å². The lowest BCUT2D eigenvalue weighted by atomic mass is 10.0. The number of benzene rings is 3. The Hall–Kier alpha value is -3.70. The Bertz CT molecular complexity index is 1410.